The topological polar surface area (TPSA) is 55.8 Å². The normalized spacial score (nSPS) is 21.6. The Morgan fingerprint density at radius 2 is 1.82 bits per heavy atom. The quantitative estimate of drug-likeness (QED) is 0.580. The fourth-order valence-corrected chi connectivity index (χ4v) is 5.29. The van der Waals surface area contributed by atoms with Crippen LogP contribution in [0.2, 0.25) is 10.0 Å². The van der Waals surface area contributed by atoms with Crippen molar-refractivity contribution in [3.63, 3.8) is 0 Å². The zero-order valence-corrected chi connectivity index (χ0v) is 20.1. The van der Waals surface area contributed by atoms with Crippen molar-refractivity contribution in [2.24, 2.45) is 11.8 Å². The van der Waals surface area contributed by atoms with Crippen molar-refractivity contribution in [1.29, 1.82) is 0 Å². The number of amides is 1. The van der Waals surface area contributed by atoms with E-state index in [0.717, 1.165) is 30.4 Å². The summed E-state index contributed by atoms with van der Waals surface area (Å²) in [6.45, 7) is 5.16. The lowest BCUT2D eigenvalue weighted by Gasteiger charge is -2.24. The van der Waals surface area contributed by atoms with Crippen molar-refractivity contribution in [2.75, 3.05) is 44.6 Å². The van der Waals surface area contributed by atoms with Gasteiger partial charge >= 0.3 is 6.18 Å². The van der Waals surface area contributed by atoms with E-state index in [0.29, 0.717) is 31.2 Å². The summed E-state index contributed by atoms with van der Waals surface area (Å²) in [6, 6.07) is 9.08. The largest absolute Gasteiger partial charge is 0.417 e. The van der Waals surface area contributed by atoms with Crippen LogP contribution in [0.1, 0.15) is 21.5 Å². The number of carbonyl (C=O) groups excluding carboxylic acids is 1. The SMILES string of the molecule is Cc1ccc(NCC(O)CN2CC3CN(C(=O)c4cccc(C(F)(F)F)c4Cl)CC3C2)cc1Cl. The number of nitrogens with zero attached hydrogens (tertiary/aromatic N) is 2. The number of aliphatic hydroxyl groups is 1. The first-order chi connectivity index (χ1) is 16.0. The van der Waals surface area contributed by atoms with Crippen molar-refractivity contribution < 1.29 is 23.1 Å². The van der Waals surface area contributed by atoms with Crippen LogP contribution in [0.15, 0.2) is 36.4 Å². The highest BCUT2D eigenvalue weighted by Gasteiger charge is 2.43. The van der Waals surface area contributed by atoms with Gasteiger partial charge in [0.25, 0.3) is 5.91 Å². The van der Waals surface area contributed by atoms with Crippen molar-refractivity contribution in [2.45, 2.75) is 19.2 Å². The smallest absolute Gasteiger partial charge is 0.390 e. The Balaban J connectivity index is 1.29. The average Bonchev–Trinajstić information content (AvgIpc) is 3.32. The van der Waals surface area contributed by atoms with Gasteiger partial charge in [-0.1, -0.05) is 35.3 Å². The lowest BCUT2D eigenvalue weighted by molar-refractivity contribution is -0.137. The highest BCUT2D eigenvalue weighted by molar-refractivity contribution is 6.34. The van der Waals surface area contributed by atoms with Crippen molar-refractivity contribution in [1.82, 2.24) is 9.80 Å². The molecule has 1 amide bonds. The Hall–Kier alpha value is -2.00. The third-order valence-electron chi connectivity index (χ3n) is 6.57. The zero-order valence-electron chi connectivity index (χ0n) is 18.6. The van der Waals surface area contributed by atoms with Crippen LogP contribution in [-0.4, -0.2) is 66.2 Å². The summed E-state index contributed by atoms with van der Waals surface area (Å²) in [7, 11) is 0. The van der Waals surface area contributed by atoms with Crippen LogP contribution in [0, 0.1) is 18.8 Å². The molecule has 34 heavy (non-hydrogen) atoms. The van der Waals surface area contributed by atoms with Crippen molar-refractivity contribution >= 4 is 34.8 Å². The molecule has 3 atom stereocenters. The Labute approximate surface area is 206 Å². The van der Waals surface area contributed by atoms with Crippen LogP contribution < -0.4 is 5.32 Å². The molecule has 2 heterocycles. The van der Waals surface area contributed by atoms with Gasteiger partial charge in [0, 0.05) is 50.0 Å². The minimum Gasteiger partial charge on any atom is -0.390 e. The van der Waals surface area contributed by atoms with Gasteiger partial charge in [0.05, 0.1) is 22.3 Å². The number of hydrogen-bond donors (Lipinski definition) is 2. The van der Waals surface area contributed by atoms with Gasteiger partial charge in [-0.3, -0.25) is 9.69 Å². The molecule has 2 aliphatic heterocycles. The van der Waals surface area contributed by atoms with Gasteiger partial charge in [0.1, 0.15) is 0 Å². The van der Waals surface area contributed by atoms with Gasteiger partial charge in [-0.15, -0.1) is 0 Å². The number of fused-ring (bicyclic) bond motifs is 1. The number of carbonyl (C=O) groups is 1. The number of alkyl halides is 3. The lowest BCUT2D eigenvalue weighted by atomic mass is 10.0. The maximum absolute atomic E-state index is 13.1. The van der Waals surface area contributed by atoms with E-state index in [1.807, 2.05) is 25.1 Å². The van der Waals surface area contributed by atoms with Gasteiger partial charge < -0.3 is 15.3 Å². The molecule has 2 fully saturated rings. The summed E-state index contributed by atoms with van der Waals surface area (Å²) >= 11 is 12.1. The lowest BCUT2D eigenvalue weighted by Crippen LogP contribution is -2.38. The average molecular weight is 516 g/mol. The maximum Gasteiger partial charge on any atom is 0.417 e. The summed E-state index contributed by atoms with van der Waals surface area (Å²) in [4.78, 5) is 16.7. The summed E-state index contributed by atoms with van der Waals surface area (Å²) in [5, 5.41) is 13.8. The molecule has 184 valence electrons. The molecule has 2 aliphatic rings. The van der Waals surface area contributed by atoms with Crippen LogP contribution >= 0.6 is 23.2 Å². The minimum absolute atomic E-state index is 0.119. The Kier molecular flexibility index (Phi) is 7.33. The number of halogens is 5. The minimum atomic E-state index is -4.61. The van der Waals surface area contributed by atoms with E-state index in [1.165, 1.54) is 12.1 Å². The second kappa shape index (κ2) is 9.93. The van der Waals surface area contributed by atoms with Crippen molar-refractivity contribution in [3.8, 4) is 0 Å². The fraction of sp³-hybridized carbons (Fsp3) is 0.458. The fourth-order valence-electron chi connectivity index (χ4n) is 4.79. The molecule has 0 aromatic heterocycles. The molecule has 0 bridgehead atoms. The summed E-state index contributed by atoms with van der Waals surface area (Å²) in [5.74, 6) is -0.0489. The standard InChI is InChI=1S/C24H26Cl2F3N3O2/c1-14-5-6-17(7-21(14)25)30-8-18(33)13-31-9-15-11-32(12-16(15)10-31)23(34)19-3-2-4-20(22(19)26)24(27,28)29/h2-7,15-16,18,30,33H,8-13H2,1H3. The number of likely N-dealkylation sites (tertiary alicyclic amines) is 2. The number of anilines is 1. The first-order valence-electron chi connectivity index (χ1n) is 11.1. The molecular weight excluding hydrogens is 490 g/mol. The third-order valence-corrected chi connectivity index (χ3v) is 7.38. The second-order valence-corrected chi connectivity index (χ2v) is 9.90. The molecule has 2 aromatic rings. The van der Waals surface area contributed by atoms with Crippen LogP contribution in [0.4, 0.5) is 18.9 Å². The van der Waals surface area contributed by atoms with Crippen LogP contribution in [0.5, 0.6) is 0 Å². The molecule has 5 nitrogen and oxygen atoms in total. The molecule has 0 spiro atoms. The number of benzene rings is 2. The van der Waals surface area contributed by atoms with Crippen LogP contribution in [0.25, 0.3) is 0 Å². The predicted octanol–water partition coefficient (Wildman–Crippen LogP) is 4.80. The van der Waals surface area contributed by atoms with E-state index in [1.54, 1.807) is 4.90 Å². The van der Waals surface area contributed by atoms with E-state index in [2.05, 4.69) is 10.2 Å². The molecule has 4 rings (SSSR count). The number of nitrogens with one attached hydrogen (secondary N) is 1. The Morgan fingerprint density at radius 3 is 2.44 bits per heavy atom. The van der Waals surface area contributed by atoms with Gasteiger partial charge in [0.15, 0.2) is 0 Å². The maximum atomic E-state index is 13.1. The van der Waals surface area contributed by atoms with E-state index >= 15 is 0 Å². The molecule has 0 saturated carbocycles. The highest BCUT2D eigenvalue weighted by atomic mass is 35.5. The number of rotatable bonds is 6. The molecule has 10 heteroatoms. The van der Waals surface area contributed by atoms with Crippen LogP contribution in [0.3, 0.4) is 0 Å². The van der Waals surface area contributed by atoms with Crippen LogP contribution in [-0.2, 0) is 6.18 Å². The van der Waals surface area contributed by atoms with E-state index < -0.39 is 28.8 Å². The van der Waals surface area contributed by atoms with E-state index in [4.69, 9.17) is 23.2 Å². The molecule has 2 N–H and O–H groups in total. The molecule has 2 saturated heterocycles. The molecule has 0 radical (unpaired) electrons. The van der Waals surface area contributed by atoms with Gasteiger partial charge in [-0.2, -0.15) is 13.2 Å². The molecule has 2 aromatic carbocycles. The Bertz CT molecular complexity index is 1050. The molecular formula is C24H26Cl2F3N3O2. The summed E-state index contributed by atoms with van der Waals surface area (Å²) in [6.07, 6.45) is -5.20. The number of hydrogen-bond acceptors (Lipinski definition) is 4. The Morgan fingerprint density at radius 1 is 1.15 bits per heavy atom. The first-order valence-corrected chi connectivity index (χ1v) is 11.8. The summed E-state index contributed by atoms with van der Waals surface area (Å²) < 4.78 is 39.4. The number of aliphatic hydroxyl groups excluding tert-OH is 1. The highest BCUT2D eigenvalue weighted by Crippen LogP contribution is 2.38. The second-order valence-electron chi connectivity index (χ2n) is 9.11. The first kappa shape index (κ1) is 25.1. The third kappa shape index (κ3) is 5.46. The number of β-amino-alcohol motifs (C(OH)–C–C–N with tert-alkyl or cyclic N) is 1. The van der Waals surface area contributed by atoms with Gasteiger partial charge in [-0.25, -0.2) is 0 Å². The van der Waals surface area contributed by atoms with E-state index in [-0.39, 0.29) is 17.4 Å². The van der Waals surface area contributed by atoms with Gasteiger partial charge in [-0.05, 0) is 48.6 Å². The zero-order chi connectivity index (χ0) is 24.6. The number of aryl methyl sites for hydroxylation is 1. The van der Waals surface area contributed by atoms with Crippen molar-refractivity contribution in [3.05, 3.63) is 63.1 Å². The van der Waals surface area contributed by atoms with E-state index in [9.17, 15) is 23.1 Å². The summed E-state index contributed by atoms with van der Waals surface area (Å²) in [5.41, 5.74) is 0.710. The predicted molar refractivity (Wildman–Crippen MR) is 126 cm³/mol. The molecule has 3 unspecified atom stereocenters. The molecule has 0 aliphatic carbocycles. The van der Waals surface area contributed by atoms with Gasteiger partial charge in [0.2, 0.25) is 0 Å². The monoisotopic (exact) mass is 515 g/mol.